The summed E-state index contributed by atoms with van der Waals surface area (Å²) < 4.78 is 0. The normalized spacial score (nSPS) is 14.7. The topological polar surface area (TPSA) is 46.1 Å². The van der Waals surface area contributed by atoms with Crippen molar-refractivity contribution in [2.75, 3.05) is 0 Å². The smallest absolute Gasteiger partial charge is 0.877 e. The molecule has 2 nitrogen and oxygen atoms in total. The second-order valence-electron chi connectivity index (χ2n) is 2.67. The van der Waals surface area contributed by atoms with Crippen molar-refractivity contribution in [3.63, 3.8) is 0 Å². The molecule has 0 heterocycles. The van der Waals surface area contributed by atoms with Gasteiger partial charge < -0.3 is 10.2 Å². The van der Waals surface area contributed by atoms with Crippen LogP contribution in [0.3, 0.4) is 0 Å². The summed E-state index contributed by atoms with van der Waals surface area (Å²) in [5, 5.41) is 19.7. The molecular formula is C12H10FeO2. The van der Waals surface area contributed by atoms with Gasteiger partial charge in [-0.25, -0.2) is 0 Å². The number of rotatable bonds is 0. The molecule has 0 spiro atoms. The van der Waals surface area contributed by atoms with Crippen LogP contribution in [0.1, 0.15) is 0 Å². The van der Waals surface area contributed by atoms with Gasteiger partial charge in [-0.2, -0.15) is 0 Å². The first-order chi connectivity index (χ1) is 6.86. The molecule has 0 N–H and O–H groups in total. The van der Waals surface area contributed by atoms with E-state index in [1.807, 2.05) is 24.3 Å². The summed E-state index contributed by atoms with van der Waals surface area (Å²) in [6.45, 7) is 0. The van der Waals surface area contributed by atoms with E-state index in [0.29, 0.717) is 0 Å². The Morgan fingerprint density at radius 1 is 0.667 bits per heavy atom. The second kappa shape index (κ2) is 7.92. The van der Waals surface area contributed by atoms with E-state index < -0.39 is 0 Å². The molecule has 0 saturated carbocycles. The molecule has 2 aliphatic rings. The van der Waals surface area contributed by atoms with Crippen molar-refractivity contribution in [1.82, 2.24) is 0 Å². The van der Waals surface area contributed by atoms with Gasteiger partial charge in [0, 0.05) is 0 Å². The van der Waals surface area contributed by atoms with Gasteiger partial charge in [0.05, 0.1) is 0 Å². The zero-order valence-corrected chi connectivity index (χ0v) is 9.05. The van der Waals surface area contributed by atoms with Gasteiger partial charge in [0.1, 0.15) is 0 Å². The van der Waals surface area contributed by atoms with Crippen LogP contribution in [-0.2, 0) is 17.1 Å². The maximum Gasteiger partial charge on any atom is 2.00 e. The minimum absolute atomic E-state index is 0. The Balaban J connectivity index is 0.000000245. The van der Waals surface area contributed by atoms with Crippen LogP contribution < -0.4 is 10.2 Å². The van der Waals surface area contributed by atoms with E-state index >= 15 is 0 Å². The van der Waals surface area contributed by atoms with Crippen molar-refractivity contribution in [3.8, 4) is 0 Å². The molecule has 0 aliphatic heterocycles. The van der Waals surface area contributed by atoms with E-state index in [1.54, 1.807) is 24.3 Å². The summed E-state index contributed by atoms with van der Waals surface area (Å²) in [6.07, 6.45) is 16.1. The van der Waals surface area contributed by atoms with Crippen LogP contribution >= 0.6 is 0 Å². The molecule has 2 rings (SSSR count). The summed E-state index contributed by atoms with van der Waals surface area (Å²) in [4.78, 5) is 0. The summed E-state index contributed by atoms with van der Waals surface area (Å²) in [5.41, 5.74) is 1.50. The van der Waals surface area contributed by atoms with Gasteiger partial charge in [0.25, 0.3) is 0 Å². The fourth-order valence-corrected chi connectivity index (χ4v) is 0.935. The molecule has 0 aromatic rings. The van der Waals surface area contributed by atoms with E-state index in [4.69, 9.17) is 0 Å². The van der Waals surface area contributed by atoms with Gasteiger partial charge in [-0.3, -0.25) is 0 Å². The average molecular weight is 242 g/mol. The van der Waals surface area contributed by atoms with E-state index in [1.165, 1.54) is 0 Å². The summed E-state index contributed by atoms with van der Waals surface area (Å²) >= 11 is 0. The van der Waals surface area contributed by atoms with Crippen molar-refractivity contribution in [3.05, 3.63) is 72.3 Å². The summed E-state index contributed by atoms with van der Waals surface area (Å²) in [5.74, 6) is 0. The molecule has 0 aromatic heterocycles. The molecule has 0 amide bonds. The molecule has 2 aliphatic carbocycles. The first kappa shape index (κ1) is 13.6. The van der Waals surface area contributed by atoms with Gasteiger partial charge in [0.2, 0.25) is 0 Å². The van der Waals surface area contributed by atoms with Gasteiger partial charge >= 0.3 is 17.1 Å². The maximum atomic E-state index is 9.87. The molecule has 0 atom stereocenters. The molecule has 0 radical (unpaired) electrons. The van der Waals surface area contributed by atoms with Crippen LogP contribution in [0.4, 0.5) is 0 Å². The first-order valence-electron chi connectivity index (χ1n) is 4.20. The van der Waals surface area contributed by atoms with E-state index in [0.717, 1.165) is 23.7 Å². The van der Waals surface area contributed by atoms with Gasteiger partial charge in [-0.15, -0.1) is 12.5 Å². The van der Waals surface area contributed by atoms with Gasteiger partial charge in [-0.05, 0) is 11.1 Å². The zero-order valence-electron chi connectivity index (χ0n) is 7.94. The van der Waals surface area contributed by atoms with Crippen LogP contribution in [0, 0.1) is 0 Å². The van der Waals surface area contributed by atoms with Crippen LogP contribution in [-0.4, -0.2) is 0 Å². The van der Waals surface area contributed by atoms with Crippen LogP contribution in [0.25, 0.3) is 0 Å². The summed E-state index contributed by atoms with van der Waals surface area (Å²) in [7, 11) is 0. The van der Waals surface area contributed by atoms with E-state index in [9.17, 15) is 10.2 Å². The first-order valence-corrected chi connectivity index (χ1v) is 4.20. The Bertz CT molecular complexity index is 294. The standard InChI is InChI=1S/2C6H6O.Fe/c2*7-5-6-3-1-2-4-6;/h2*1-5,7H;/q;;+2/p-2. The third-order valence-electron chi connectivity index (χ3n) is 1.65. The van der Waals surface area contributed by atoms with Crippen molar-refractivity contribution in [2.45, 2.75) is 0 Å². The third-order valence-corrected chi connectivity index (χ3v) is 1.65. The van der Waals surface area contributed by atoms with Crippen molar-refractivity contribution in [1.29, 1.82) is 0 Å². The molecule has 0 bridgehead atoms. The van der Waals surface area contributed by atoms with Gasteiger partial charge in [0.15, 0.2) is 0 Å². The second-order valence-corrected chi connectivity index (χ2v) is 2.67. The van der Waals surface area contributed by atoms with Gasteiger partial charge in [-0.1, -0.05) is 48.6 Å². The van der Waals surface area contributed by atoms with Crippen LogP contribution in [0.5, 0.6) is 0 Å². The number of hydrogen-bond acceptors (Lipinski definition) is 2. The minimum Gasteiger partial charge on any atom is -0.877 e. The van der Waals surface area contributed by atoms with E-state index in [-0.39, 0.29) is 17.1 Å². The minimum atomic E-state index is 0. The van der Waals surface area contributed by atoms with Crippen LogP contribution in [0.15, 0.2) is 72.3 Å². The molecule has 0 unspecified atom stereocenters. The molecule has 0 saturated heterocycles. The van der Waals surface area contributed by atoms with Crippen molar-refractivity contribution < 1.29 is 27.3 Å². The zero-order chi connectivity index (χ0) is 10.2. The predicted molar refractivity (Wildman–Crippen MR) is 52.7 cm³/mol. The monoisotopic (exact) mass is 242 g/mol. The Labute approximate surface area is 99.8 Å². The fourth-order valence-electron chi connectivity index (χ4n) is 0.935. The van der Waals surface area contributed by atoms with Crippen molar-refractivity contribution >= 4 is 0 Å². The maximum absolute atomic E-state index is 9.87. The molecule has 15 heavy (non-hydrogen) atoms. The summed E-state index contributed by atoms with van der Waals surface area (Å²) in [6, 6.07) is 0. The molecular weight excluding hydrogens is 232 g/mol. The fraction of sp³-hybridized carbons (Fsp3) is 0. The number of allylic oxidation sites excluding steroid dienone is 10. The SMILES string of the molecule is [Fe+2].[O-]C=C1C=CC=C1.[O-]C=C1C=CC=C1. The quantitative estimate of drug-likeness (QED) is 0.464. The molecule has 0 aromatic carbocycles. The Kier molecular flexibility index (Phi) is 7.16. The molecule has 3 heteroatoms. The van der Waals surface area contributed by atoms with Crippen LogP contribution in [0.2, 0.25) is 0 Å². The largest absolute Gasteiger partial charge is 2.00 e. The Morgan fingerprint density at radius 3 is 1.07 bits per heavy atom. The third kappa shape index (κ3) is 5.11. The molecule has 78 valence electrons. The average Bonchev–Trinajstić information content (AvgIpc) is 2.92. The predicted octanol–water partition coefficient (Wildman–Crippen LogP) is 0.711. The Morgan fingerprint density at radius 2 is 0.933 bits per heavy atom. The molecule has 0 fully saturated rings. The number of hydrogen-bond donors (Lipinski definition) is 0. The Hall–Kier alpha value is -1.44. The van der Waals surface area contributed by atoms with E-state index in [2.05, 4.69) is 0 Å². The van der Waals surface area contributed by atoms with Crippen molar-refractivity contribution in [2.24, 2.45) is 0 Å².